The van der Waals surface area contributed by atoms with Crippen molar-refractivity contribution >= 4 is 34.4 Å². The Morgan fingerprint density at radius 1 is 1.28 bits per heavy atom. The molecule has 1 aliphatic heterocycles. The molecule has 4 rings (SSSR count). The molecule has 0 atom stereocenters. The van der Waals surface area contributed by atoms with Gasteiger partial charge in [0.1, 0.15) is 16.9 Å². The zero-order valence-corrected chi connectivity index (χ0v) is 17.7. The van der Waals surface area contributed by atoms with Gasteiger partial charge < -0.3 is 19.4 Å². The Hall–Kier alpha value is -2.87. The van der Waals surface area contributed by atoms with Gasteiger partial charge in [0.15, 0.2) is 0 Å². The number of methoxy groups -OCH3 is 1. The second-order valence-corrected chi connectivity index (χ2v) is 9.13. The van der Waals surface area contributed by atoms with Gasteiger partial charge in [-0.3, -0.25) is 0 Å². The van der Waals surface area contributed by atoms with Crippen molar-refractivity contribution in [1.82, 2.24) is 14.9 Å². The molecule has 0 bridgehead atoms. The van der Waals surface area contributed by atoms with Crippen molar-refractivity contribution in [2.75, 3.05) is 13.7 Å². The van der Waals surface area contributed by atoms with E-state index in [1.165, 1.54) is 12.7 Å². The Morgan fingerprint density at radius 3 is 2.79 bits per heavy atom. The summed E-state index contributed by atoms with van der Waals surface area (Å²) in [7, 11) is 1.36. The SMILES string of the molecule is COC(=O)c1cccc2[nH]c(-c3cc4c(s3)CN(C(=O)OC(C)(C)C)CC4)nc12. The highest BCUT2D eigenvalue weighted by atomic mass is 32.1. The quantitative estimate of drug-likeness (QED) is 0.631. The number of imidazole rings is 1. The molecule has 3 heterocycles. The predicted molar refractivity (Wildman–Crippen MR) is 111 cm³/mol. The number of nitrogens with zero attached hydrogens (tertiary/aromatic N) is 2. The van der Waals surface area contributed by atoms with E-state index >= 15 is 0 Å². The van der Waals surface area contributed by atoms with Crippen LogP contribution in [0.1, 0.15) is 41.6 Å². The molecule has 152 valence electrons. The normalized spacial score (nSPS) is 14.0. The van der Waals surface area contributed by atoms with Gasteiger partial charge in [-0.15, -0.1) is 11.3 Å². The van der Waals surface area contributed by atoms with E-state index < -0.39 is 11.6 Å². The minimum absolute atomic E-state index is 0.287. The fraction of sp³-hybridized carbons (Fsp3) is 0.381. The van der Waals surface area contributed by atoms with Crippen molar-refractivity contribution in [3.8, 4) is 10.7 Å². The summed E-state index contributed by atoms with van der Waals surface area (Å²) in [6.07, 6.45) is 0.489. The molecule has 1 amide bonds. The van der Waals surface area contributed by atoms with Crippen LogP contribution in [0, 0.1) is 0 Å². The van der Waals surface area contributed by atoms with E-state index in [1.54, 1.807) is 28.4 Å². The molecule has 7 nitrogen and oxygen atoms in total. The molecular formula is C21H23N3O4S. The maximum atomic E-state index is 12.4. The van der Waals surface area contributed by atoms with Gasteiger partial charge in [-0.05, 0) is 51.0 Å². The number of benzene rings is 1. The molecule has 0 saturated heterocycles. The molecule has 0 saturated carbocycles. The maximum Gasteiger partial charge on any atom is 0.410 e. The predicted octanol–water partition coefficient (Wildman–Crippen LogP) is 4.37. The van der Waals surface area contributed by atoms with Crippen LogP contribution in [0.3, 0.4) is 0 Å². The van der Waals surface area contributed by atoms with Gasteiger partial charge in [0.05, 0.1) is 29.6 Å². The summed E-state index contributed by atoms with van der Waals surface area (Å²) in [6, 6.07) is 7.50. The van der Waals surface area contributed by atoms with E-state index in [0.717, 1.165) is 21.7 Å². The molecule has 3 aromatic rings. The first-order valence-electron chi connectivity index (χ1n) is 9.42. The van der Waals surface area contributed by atoms with E-state index in [4.69, 9.17) is 9.47 Å². The summed E-state index contributed by atoms with van der Waals surface area (Å²) in [4.78, 5) is 36.2. The average molecular weight is 413 g/mol. The fourth-order valence-electron chi connectivity index (χ4n) is 3.34. The molecule has 0 radical (unpaired) electrons. The van der Waals surface area contributed by atoms with Gasteiger partial charge in [0.2, 0.25) is 0 Å². The number of ether oxygens (including phenoxy) is 2. The van der Waals surface area contributed by atoms with Crippen LogP contribution in [-0.4, -0.2) is 46.2 Å². The zero-order valence-electron chi connectivity index (χ0n) is 16.9. The summed E-state index contributed by atoms with van der Waals surface area (Å²) in [5, 5.41) is 0. The number of hydrogen-bond donors (Lipinski definition) is 1. The number of rotatable bonds is 2. The van der Waals surface area contributed by atoms with Crippen LogP contribution >= 0.6 is 11.3 Å². The number of hydrogen-bond acceptors (Lipinski definition) is 6. The second-order valence-electron chi connectivity index (χ2n) is 7.99. The minimum atomic E-state index is -0.510. The van der Waals surface area contributed by atoms with Gasteiger partial charge >= 0.3 is 12.1 Å². The first-order valence-corrected chi connectivity index (χ1v) is 10.2. The van der Waals surface area contributed by atoms with Crippen LogP contribution in [-0.2, 0) is 22.4 Å². The number of carbonyl (C=O) groups is 2. The summed E-state index contributed by atoms with van der Waals surface area (Å²) in [6.45, 7) is 6.77. The van der Waals surface area contributed by atoms with Crippen LogP contribution in [0.2, 0.25) is 0 Å². The molecule has 2 aromatic heterocycles. The summed E-state index contributed by atoms with van der Waals surface area (Å²) in [5.41, 5.74) is 2.52. The van der Waals surface area contributed by atoms with Crippen molar-refractivity contribution in [1.29, 1.82) is 0 Å². The first-order chi connectivity index (χ1) is 13.7. The maximum absolute atomic E-state index is 12.4. The highest BCUT2D eigenvalue weighted by Gasteiger charge is 2.27. The van der Waals surface area contributed by atoms with Gasteiger partial charge in [0.25, 0.3) is 0 Å². The minimum Gasteiger partial charge on any atom is -0.465 e. The van der Waals surface area contributed by atoms with Crippen molar-refractivity contribution in [2.45, 2.75) is 39.3 Å². The number of amides is 1. The van der Waals surface area contributed by atoms with Gasteiger partial charge in [0, 0.05) is 11.4 Å². The highest BCUT2D eigenvalue weighted by Crippen LogP contribution is 2.35. The summed E-state index contributed by atoms with van der Waals surface area (Å²) in [5.74, 6) is 0.298. The molecule has 29 heavy (non-hydrogen) atoms. The number of thiophene rings is 1. The lowest BCUT2D eigenvalue weighted by atomic mass is 10.1. The monoisotopic (exact) mass is 413 g/mol. The number of nitrogens with one attached hydrogen (secondary N) is 1. The Morgan fingerprint density at radius 2 is 2.07 bits per heavy atom. The fourth-order valence-corrected chi connectivity index (χ4v) is 4.51. The van der Waals surface area contributed by atoms with Crippen molar-refractivity contribution in [2.24, 2.45) is 0 Å². The van der Waals surface area contributed by atoms with Gasteiger partial charge in [-0.1, -0.05) is 6.07 Å². The number of esters is 1. The molecule has 1 aliphatic rings. The molecular weight excluding hydrogens is 390 g/mol. The Labute approximate surface area is 172 Å². The van der Waals surface area contributed by atoms with Crippen molar-refractivity contribution in [3.63, 3.8) is 0 Å². The number of fused-ring (bicyclic) bond motifs is 2. The van der Waals surface area contributed by atoms with Crippen LogP contribution in [0.5, 0.6) is 0 Å². The van der Waals surface area contributed by atoms with E-state index in [1.807, 2.05) is 26.8 Å². The third kappa shape index (κ3) is 3.85. The van der Waals surface area contributed by atoms with Crippen LogP contribution in [0.15, 0.2) is 24.3 Å². The lowest BCUT2D eigenvalue weighted by Gasteiger charge is -2.29. The largest absolute Gasteiger partial charge is 0.465 e. The Kier molecular flexibility index (Phi) is 4.82. The third-order valence-corrected chi connectivity index (χ3v) is 5.85. The molecule has 0 unspecified atom stereocenters. The van der Waals surface area contributed by atoms with Crippen LogP contribution < -0.4 is 0 Å². The standard InChI is InChI=1S/C21H23N3O4S/c1-21(2,3)28-20(26)24-9-8-12-10-15(29-16(12)11-24)18-22-14-7-5-6-13(17(14)23-18)19(25)27-4/h5-7,10H,8-9,11H2,1-4H3,(H,22,23). The summed E-state index contributed by atoms with van der Waals surface area (Å²) < 4.78 is 10.4. The Balaban J connectivity index is 1.61. The lowest BCUT2D eigenvalue weighted by molar-refractivity contribution is 0.0226. The van der Waals surface area contributed by atoms with Crippen molar-refractivity contribution < 1.29 is 19.1 Å². The number of aromatic nitrogens is 2. The van der Waals surface area contributed by atoms with Gasteiger partial charge in [-0.2, -0.15) is 0 Å². The highest BCUT2D eigenvalue weighted by molar-refractivity contribution is 7.15. The van der Waals surface area contributed by atoms with E-state index in [-0.39, 0.29) is 6.09 Å². The molecule has 0 spiro atoms. The zero-order chi connectivity index (χ0) is 20.8. The number of H-pyrrole nitrogens is 1. The average Bonchev–Trinajstić information content (AvgIpc) is 3.28. The van der Waals surface area contributed by atoms with E-state index in [9.17, 15) is 9.59 Å². The topological polar surface area (TPSA) is 84.5 Å². The second kappa shape index (κ2) is 7.18. The molecule has 0 fully saturated rings. The molecule has 8 heteroatoms. The van der Waals surface area contributed by atoms with Crippen molar-refractivity contribution in [3.05, 3.63) is 40.3 Å². The third-order valence-electron chi connectivity index (χ3n) is 4.69. The Bertz CT molecular complexity index is 1090. The molecule has 0 aliphatic carbocycles. The molecule has 1 aromatic carbocycles. The molecule has 1 N–H and O–H groups in total. The van der Waals surface area contributed by atoms with Crippen LogP contribution in [0.25, 0.3) is 21.7 Å². The van der Waals surface area contributed by atoms with Gasteiger partial charge in [-0.25, -0.2) is 14.6 Å². The number of para-hydroxylation sites is 1. The number of carbonyl (C=O) groups excluding carboxylic acids is 2. The van der Waals surface area contributed by atoms with E-state index in [0.29, 0.717) is 30.0 Å². The smallest absolute Gasteiger partial charge is 0.410 e. The summed E-state index contributed by atoms with van der Waals surface area (Å²) >= 11 is 1.60. The lowest BCUT2D eigenvalue weighted by Crippen LogP contribution is -2.39. The number of aromatic amines is 1. The first kappa shape index (κ1) is 19.4. The van der Waals surface area contributed by atoms with Crippen LogP contribution in [0.4, 0.5) is 4.79 Å². The van der Waals surface area contributed by atoms with E-state index in [2.05, 4.69) is 16.0 Å².